The quantitative estimate of drug-likeness (QED) is 0.573. The Labute approximate surface area is 102 Å². The van der Waals surface area contributed by atoms with Gasteiger partial charge >= 0.3 is 7.12 Å². The van der Waals surface area contributed by atoms with Gasteiger partial charge in [-0.25, -0.2) is 5.43 Å². The predicted molar refractivity (Wildman–Crippen MR) is 64.9 cm³/mol. The minimum atomic E-state index is -0.329. The molecule has 0 saturated carbocycles. The molecule has 2 aliphatic rings. The Morgan fingerprint density at radius 3 is 2.53 bits per heavy atom. The van der Waals surface area contributed by atoms with Crippen molar-refractivity contribution < 1.29 is 14.1 Å². The van der Waals surface area contributed by atoms with Crippen LogP contribution in [-0.2, 0) is 14.1 Å². The van der Waals surface area contributed by atoms with E-state index in [1.807, 2.05) is 33.9 Å². The van der Waals surface area contributed by atoms with E-state index >= 15 is 0 Å². The molecule has 2 heterocycles. The van der Waals surface area contributed by atoms with E-state index in [-0.39, 0.29) is 18.3 Å². The zero-order chi connectivity index (χ0) is 12.7. The number of hydrogen-bond acceptors (Lipinski definition) is 5. The van der Waals surface area contributed by atoms with Crippen LogP contribution in [0.2, 0.25) is 0 Å². The second-order valence-corrected chi connectivity index (χ2v) is 5.45. The fourth-order valence-electron chi connectivity index (χ4n) is 1.82. The van der Waals surface area contributed by atoms with Crippen LogP contribution in [0.5, 0.6) is 0 Å². The molecule has 5 nitrogen and oxygen atoms in total. The molecule has 0 bridgehead atoms. The second kappa shape index (κ2) is 4.12. The molecule has 94 valence electrons. The van der Waals surface area contributed by atoms with Gasteiger partial charge in [-0.05, 0) is 33.2 Å². The number of carbonyl (C=O) groups is 1. The Hall–Kier alpha value is -0.845. The highest BCUT2D eigenvalue weighted by Gasteiger charge is 2.52. The molecule has 0 aromatic heterocycles. The number of carbonyl (C=O) groups excluding carboxylic acids is 1. The topological polar surface area (TPSA) is 50.8 Å². The Kier molecular flexibility index (Phi) is 3.05. The summed E-state index contributed by atoms with van der Waals surface area (Å²) in [7, 11) is -0.329. The highest BCUT2D eigenvalue weighted by molar-refractivity contribution is 6.54. The summed E-state index contributed by atoms with van der Waals surface area (Å²) in [5, 5.41) is 1.74. The van der Waals surface area contributed by atoms with Gasteiger partial charge in [-0.1, -0.05) is 0 Å². The van der Waals surface area contributed by atoms with Crippen molar-refractivity contribution in [1.29, 1.82) is 0 Å². The normalized spacial score (nSPS) is 26.2. The van der Waals surface area contributed by atoms with E-state index in [2.05, 4.69) is 5.43 Å². The van der Waals surface area contributed by atoms with Gasteiger partial charge in [0.05, 0.1) is 17.7 Å². The average molecular weight is 238 g/mol. The molecular formula is C11H19BN2O3. The van der Waals surface area contributed by atoms with Crippen LogP contribution in [0.4, 0.5) is 0 Å². The summed E-state index contributed by atoms with van der Waals surface area (Å²) in [5.74, 6) is 0. The highest BCUT2D eigenvalue weighted by atomic mass is 16.7. The molecule has 1 saturated heterocycles. The van der Waals surface area contributed by atoms with Crippen molar-refractivity contribution in [2.24, 2.45) is 0 Å². The summed E-state index contributed by atoms with van der Waals surface area (Å²) in [6.07, 6.45) is 2.74. The zero-order valence-electron chi connectivity index (χ0n) is 10.8. The fraction of sp³-hybridized carbons (Fsp3) is 0.727. The smallest absolute Gasteiger partial charge is 0.399 e. The molecule has 0 radical (unpaired) electrons. The summed E-state index contributed by atoms with van der Waals surface area (Å²) in [4.78, 5) is 10.4. The van der Waals surface area contributed by atoms with E-state index in [9.17, 15) is 4.79 Å². The van der Waals surface area contributed by atoms with E-state index in [0.29, 0.717) is 13.1 Å². The summed E-state index contributed by atoms with van der Waals surface area (Å²) in [6.45, 7) is 9.10. The molecule has 0 spiro atoms. The minimum absolute atomic E-state index is 0.323. The Balaban J connectivity index is 2.07. The number of aldehydes is 1. The molecule has 1 N–H and O–H groups in total. The molecule has 0 aromatic rings. The minimum Gasteiger partial charge on any atom is -0.399 e. The number of nitrogens with zero attached hydrogens (tertiary/aromatic N) is 1. The lowest BCUT2D eigenvalue weighted by Crippen LogP contribution is -2.41. The average Bonchev–Trinajstić information content (AvgIpc) is 2.71. The van der Waals surface area contributed by atoms with Crippen molar-refractivity contribution in [3.63, 3.8) is 0 Å². The lowest BCUT2D eigenvalue weighted by Gasteiger charge is -2.32. The fourth-order valence-corrected chi connectivity index (χ4v) is 1.82. The first-order valence-corrected chi connectivity index (χ1v) is 5.86. The molecular weight excluding hydrogens is 219 g/mol. The van der Waals surface area contributed by atoms with Crippen molar-refractivity contribution in [2.45, 2.75) is 38.9 Å². The Morgan fingerprint density at radius 2 is 2.00 bits per heavy atom. The van der Waals surface area contributed by atoms with Crippen molar-refractivity contribution in [2.75, 3.05) is 13.1 Å². The maximum Gasteiger partial charge on any atom is 0.493 e. The van der Waals surface area contributed by atoms with Gasteiger partial charge in [0.2, 0.25) is 0 Å². The summed E-state index contributed by atoms with van der Waals surface area (Å²) >= 11 is 0. The van der Waals surface area contributed by atoms with Crippen LogP contribution in [0.25, 0.3) is 0 Å². The third-order valence-electron chi connectivity index (χ3n) is 3.64. The highest BCUT2D eigenvalue weighted by Crippen LogP contribution is 2.38. The molecule has 6 heteroatoms. The molecule has 17 heavy (non-hydrogen) atoms. The van der Waals surface area contributed by atoms with Crippen LogP contribution in [0.3, 0.4) is 0 Å². The zero-order valence-corrected chi connectivity index (χ0v) is 10.8. The first-order valence-electron chi connectivity index (χ1n) is 5.86. The van der Waals surface area contributed by atoms with E-state index in [1.165, 1.54) is 0 Å². The van der Waals surface area contributed by atoms with Gasteiger partial charge in [-0.15, -0.1) is 0 Å². The number of hydrazine groups is 1. The van der Waals surface area contributed by atoms with Crippen molar-refractivity contribution in [3.8, 4) is 0 Å². The summed E-state index contributed by atoms with van der Waals surface area (Å²) < 4.78 is 11.9. The largest absolute Gasteiger partial charge is 0.493 e. The molecule has 0 aliphatic carbocycles. The molecule has 0 amide bonds. The second-order valence-electron chi connectivity index (χ2n) is 5.45. The van der Waals surface area contributed by atoms with Crippen molar-refractivity contribution in [1.82, 2.24) is 10.4 Å². The Bertz CT molecular complexity index is 339. The number of rotatable bonds is 3. The van der Waals surface area contributed by atoms with Gasteiger partial charge in [0, 0.05) is 12.7 Å². The predicted octanol–water partition coefficient (Wildman–Crippen LogP) is 0.521. The van der Waals surface area contributed by atoms with Crippen molar-refractivity contribution >= 4 is 13.4 Å². The van der Waals surface area contributed by atoms with E-state index in [0.717, 1.165) is 11.8 Å². The van der Waals surface area contributed by atoms with Crippen LogP contribution in [0.15, 0.2) is 11.7 Å². The third-order valence-corrected chi connectivity index (χ3v) is 3.64. The van der Waals surface area contributed by atoms with Gasteiger partial charge in [-0.2, -0.15) is 0 Å². The van der Waals surface area contributed by atoms with Crippen molar-refractivity contribution in [3.05, 3.63) is 11.7 Å². The molecule has 0 atom stereocenters. The SMILES string of the molecule is CC1(C)OB(C2=CN(CC=O)NC2)OC1(C)C. The maximum absolute atomic E-state index is 10.4. The lowest BCUT2D eigenvalue weighted by molar-refractivity contribution is -0.108. The van der Waals surface area contributed by atoms with Crippen LogP contribution in [0, 0.1) is 0 Å². The maximum atomic E-state index is 10.4. The first kappa shape index (κ1) is 12.6. The lowest BCUT2D eigenvalue weighted by atomic mass is 9.79. The van der Waals surface area contributed by atoms with E-state index < -0.39 is 0 Å². The van der Waals surface area contributed by atoms with Gasteiger partial charge in [0.1, 0.15) is 6.29 Å². The monoisotopic (exact) mass is 238 g/mol. The van der Waals surface area contributed by atoms with Gasteiger partial charge in [0.15, 0.2) is 0 Å². The summed E-state index contributed by atoms with van der Waals surface area (Å²) in [5.41, 5.74) is 3.46. The van der Waals surface area contributed by atoms with Gasteiger partial charge in [0.25, 0.3) is 0 Å². The molecule has 2 aliphatic heterocycles. The molecule has 0 aromatic carbocycles. The third kappa shape index (κ3) is 2.25. The van der Waals surface area contributed by atoms with Crippen LogP contribution in [-0.4, -0.2) is 42.7 Å². The Morgan fingerprint density at radius 1 is 1.41 bits per heavy atom. The van der Waals surface area contributed by atoms with E-state index in [4.69, 9.17) is 9.31 Å². The first-order chi connectivity index (χ1) is 7.86. The number of nitrogens with one attached hydrogen (secondary N) is 1. The van der Waals surface area contributed by atoms with E-state index in [1.54, 1.807) is 5.01 Å². The molecule has 0 unspecified atom stereocenters. The van der Waals surface area contributed by atoms with Crippen LogP contribution < -0.4 is 5.43 Å². The molecule has 2 rings (SSSR count). The van der Waals surface area contributed by atoms with Crippen LogP contribution >= 0.6 is 0 Å². The van der Waals surface area contributed by atoms with Gasteiger partial charge in [-0.3, -0.25) is 0 Å². The van der Waals surface area contributed by atoms with Crippen LogP contribution in [0.1, 0.15) is 27.7 Å². The number of hydrogen-bond donors (Lipinski definition) is 1. The summed E-state index contributed by atoms with van der Waals surface area (Å²) in [6, 6.07) is 0. The van der Waals surface area contributed by atoms with Gasteiger partial charge < -0.3 is 19.1 Å². The molecule has 1 fully saturated rings. The standard InChI is InChI=1S/C11H19BN2O3/c1-10(2)11(3,4)17-12(16-10)9-7-13-14(8-9)5-6-15/h6,8,13H,5,7H2,1-4H3.